The van der Waals surface area contributed by atoms with Crippen LogP contribution in [0.15, 0.2) is 30.5 Å². The fourth-order valence-corrected chi connectivity index (χ4v) is 2.01. The van der Waals surface area contributed by atoms with Crippen molar-refractivity contribution in [2.75, 3.05) is 0 Å². The normalized spacial score (nSPS) is 12.6. The van der Waals surface area contributed by atoms with Gasteiger partial charge in [0.1, 0.15) is 6.04 Å². The lowest BCUT2D eigenvalue weighted by Crippen LogP contribution is -2.44. The smallest absolute Gasteiger partial charge is 0.326 e. The monoisotopic (exact) mass is 260 g/mol. The summed E-state index contributed by atoms with van der Waals surface area (Å²) in [5.74, 6) is -1.58. The van der Waals surface area contributed by atoms with E-state index in [9.17, 15) is 9.59 Å². The summed E-state index contributed by atoms with van der Waals surface area (Å²) < 4.78 is 0. The Bertz CT molecular complexity index is 616. The maximum atomic E-state index is 12.2. The third-order valence-electron chi connectivity index (χ3n) is 3.05. The Morgan fingerprint density at radius 3 is 2.63 bits per heavy atom. The highest BCUT2D eigenvalue weighted by atomic mass is 16.4. The van der Waals surface area contributed by atoms with Gasteiger partial charge in [0.25, 0.3) is 5.91 Å². The predicted octanol–water partition coefficient (Wildman–Crippen LogP) is 2.01. The van der Waals surface area contributed by atoms with E-state index in [-0.39, 0.29) is 11.8 Å². The summed E-state index contributed by atoms with van der Waals surface area (Å²) in [6.07, 6.45) is 1.75. The number of aliphatic carboxylic acids is 1. The number of amides is 1. The van der Waals surface area contributed by atoms with E-state index in [0.29, 0.717) is 11.1 Å². The van der Waals surface area contributed by atoms with Gasteiger partial charge in [0.15, 0.2) is 0 Å². The number of para-hydroxylation sites is 1. The molecule has 19 heavy (non-hydrogen) atoms. The zero-order valence-corrected chi connectivity index (χ0v) is 10.8. The Morgan fingerprint density at radius 2 is 2.00 bits per heavy atom. The van der Waals surface area contributed by atoms with Crippen molar-refractivity contribution >= 4 is 22.8 Å². The van der Waals surface area contributed by atoms with Gasteiger partial charge in [-0.2, -0.15) is 0 Å². The summed E-state index contributed by atoms with van der Waals surface area (Å²) >= 11 is 0. The molecule has 2 rings (SSSR count). The summed E-state index contributed by atoms with van der Waals surface area (Å²) in [7, 11) is 0. The SMILES string of the molecule is CC(C)[C@@H](NC(=O)c1cccc2cc[nH]c12)C(=O)O. The fourth-order valence-electron chi connectivity index (χ4n) is 2.01. The van der Waals surface area contributed by atoms with E-state index in [2.05, 4.69) is 10.3 Å². The van der Waals surface area contributed by atoms with Crippen LogP contribution in [0.25, 0.3) is 10.9 Å². The van der Waals surface area contributed by atoms with Crippen molar-refractivity contribution in [2.45, 2.75) is 19.9 Å². The largest absolute Gasteiger partial charge is 0.480 e. The van der Waals surface area contributed by atoms with Gasteiger partial charge in [-0.05, 0) is 18.1 Å². The number of hydrogen-bond acceptors (Lipinski definition) is 2. The van der Waals surface area contributed by atoms with Crippen molar-refractivity contribution in [3.63, 3.8) is 0 Å². The van der Waals surface area contributed by atoms with Crippen LogP contribution in [0.4, 0.5) is 0 Å². The summed E-state index contributed by atoms with van der Waals surface area (Å²) in [6.45, 7) is 3.52. The predicted molar refractivity (Wildman–Crippen MR) is 72.0 cm³/mol. The van der Waals surface area contributed by atoms with Crippen molar-refractivity contribution in [3.05, 3.63) is 36.0 Å². The van der Waals surface area contributed by atoms with Crippen molar-refractivity contribution in [3.8, 4) is 0 Å². The Kier molecular flexibility index (Phi) is 3.55. The van der Waals surface area contributed by atoms with Crippen molar-refractivity contribution in [2.24, 2.45) is 5.92 Å². The average Bonchev–Trinajstić information content (AvgIpc) is 2.82. The average molecular weight is 260 g/mol. The third-order valence-corrected chi connectivity index (χ3v) is 3.05. The molecule has 0 saturated heterocycles. The molecule has 0 bridgehead atoms. The molecule has 1 aromatic heterocycles. The minimum absolute atomic E-state index is 0.177. The zero-order chi connectivity index (χ0) is 14.0. The molecule has 100 valence electrons. The van der Waals surface area contributed by atoms with Gasteiger partial charge >= 0.3 is 5.97 Å². The van der Waals surface area contributed by atoms with E-state index in [1.807, 2.05) is 12.1 Å². The van der Waals surface area contributed by atoms with Gasteiger partial charge in [0.2, 0.25) is 0 Å². The number of carbonyl (C=O) groups excluding carboxylic acids is 1. The Labute approximate surface area is 110 Å². The highest BCUT2D eigenvalue weighted by Gasteiger charge is 2.24. The number of carbonyl (C=O) groups is 2. The van der Waals surface area contributed by atoms with E-state index in [1.54, 1.807) is 32.2 Å². The maximum Gasteiger partial charge on any atom is 0.326 e. The Hall–Kier alpha value is -2.30. The summed E-state index contributed by atoms with van der Waals surface area (Å²) in [6, 6.07) is 6.31. The summed E-state index contributed by atoms with van der Waals surface area (Å²) in [4.78, 5) is 26.3. The number of fused-ring (bicyclic) bond motifs is 1. The highest BCUT2D eigenvalue weighted by Crippen LogP contribution is 2.17. The standard InChI is InChI=1S/C14H16N2O3/c1-8(2)11(14(18)19)16-13(17)10-5-3-4-9-6-7-15-12(9)10/h3-8,11,15H,1-2H3,(H,16,17)(H,18,19)/t11-/m1/s1. The van der Waals surface area contributed by atoms with Crippen LogP contribution in [-0.4, -0.2) is 28.0 Å². The van der Waals surface area contributed by atoms with Gasteiger partial charge in [-0.3, -0.25) is 4.79 Å². The number of carboxylic acid groups (broad SMARTS) is 1. The van der Waals surface area contributed by atoms with Crippen LogP contribution in [0.5, 0.6) is 0 Å². The fraction of sp³-hybridized carbons (Fsp3) is 0.286. The molecule has 1 amide bonds. The molecule has 0 radical (unpaired) electrons. The van der Waals surface area contributed by atoms with Gasteiger partial charge in [-0.1, -0.05) is 26.0 Å². The first kappa shape index (κ1) is 13.1. The van der Waals surface area contributed by atoms with Crippen molar-refractivity contribution < 1.29 is 14.7 Å². The quantitative estimate of drug-likeness (QED) is 0.786. The minimum Gasteiger partial charge on any atom is -0.480 e. The maximum absolute atomic E-state index is 12.2. The van der Waals surface area contributed by atoms with Gasteiger partial charge in [0, 0.05) is 11.6 Å². The van der Waals surface area contributed by atoms with Crippen LogP contribution in [0, 0.1) is 5.92 Å². The molecule has 0 spiro atoms. The second kappa shape index (κ2) is 5.14. The first-order valence-electron chi connectivity index (χ1n) is 6.10. The van der Waals surface area contributed by atoms with Crippen LogP contribution in [0.3, 0.4) is 0 Å². The molecule has 5 heteroatoms. The molecule has 5 nitrogen and oxygen atoms in total. The molecule has 0 saturated carbocycles. The van der Waals surface area contributed by atoms with Crippen LogP contribution < -0.4 is 5.32 Å². The van der Waals surface area contributed by atoms with Crippen LogP contribution in [0.1, 0.15) is 24.2 Å². The third kappa shape index (κ3) is 2.59. The van der Waals surface area contributed by atoms with Gasteiger partial charge in [-0.25, -0.2) is 4.79 Å². The highest BCUT2D eigenvalue weighted by molar-refractivity contribution is 6.06. The van der Waals surface area contributed by atoms with E-state index >= 15 is 0 Å². The number of hydrogen-bond donors (Lipinski definition) is 3. The topological polar surface area (TPSA) is 82.2 Å². The van der Waals surface area contributed by atoms with E-state index in [1.165, 1.54) is 0 Å². The second-order valence-electron chi connectivity index (χ2n) is 4.78. The number of aromatic nitrogens is 1. The van der Waals surface area contributed by atoms with E-state index in [0.717, 1.165) is 5.39 Å². The number of rotatable bonds is 4. The molecule has 0 fully saturated rings. The summed E-state index contributed by atoms with van der Waals surface area (Å²) in [5, 5.41) is 12.6. The van der Waals surface area contributed by atoms with Crippen LogP contribution in [0.2, 0.25) is 0 Å². The molecule has 1 aromatic carbocycles. The number of aromatic amines is 1. The first-order valence-corrected chi connectivity index (χ1v) is 6.10. The molecule has 0 aliphatic heterocycles. The number of H-pyrrole nitrogens is 1. The molecule has 1 heterocycles. The zero-order valence-electron chi connectivity index (χ0n) is 10.8. The molecule has 3 N–H and O–H groups in total. The lowest BCUT2D eigenvalue weighted by molar-refractivity contribution is -0.140. The number of benzene rings is 1. The molecular formula is C14H16N2O3. The van der Waals surface area contributed by atoms with E-state index < -0.39 is 12.0 Å². The van der Waals surface area contributed by atoms with Gasteiger partial charge in [0.05, 0.1) is 11.1 Å². The number of carboxylic acids is 1. The molecule has 0 unspecified atom stereocenters. The van der Waals surface area contributed by atoms with E-state index in [4.69, 9.17) is 5.11 Å². The van der Waals surface area contributed by atoms with Crippen molar-refractivity contribution in [1.82, 2.24) is 10.3 Å². The molecule has 0 aliphatic carbocycles. The summed E-state index contributed by atoms with van der Waals surface area (Å²) in [5.41, 5.74) is 1.17. The molecule has 0 aliphatic rings. The Balaban J connectivity index is 2.29. The second-order valence-corrected chi connectivity index (χ2v) is 4.78. The molecular weight excluding hydrogens is 244 g/mol. The lowest BCUT2D eigenvalue weighted by Gasteiger charge is -2.18. The van der Waals surface area contributed by atoms with Crippen molar-refractivity contribution in [1.29, 1.82) is 0 Å². The number of nitrogens with one attached hydrogen (secondary N) is 2. The molecule has 2 aromatic rings. The molecule has 1 atom stereocenters. The Morgan fingerprint density at radius 1 is 1.26 bits per heavy atom. The first-order chi connectivity index (χ1) is 9.00. The lowest BCUT2D eigenvalue weighted by atomic mass is 10.0. The van der Waals surface area contributed by atoms with Gasteiger partial charge < -0.3 is 15.4 Å². The van der Waals surface area contributed by atoms with Crippen LogP contribution >= 0.6 is 0 Å². The van der Waals surface area contributed by atoms with Crippen LogP contribution in [-0.2, 0) is 4.79 Å². The van der Waals surface area contributed by atoms with Gasteiger partial charge in [-0.15, -0.1) is 0 Å². The minimum atomic E-state index is -1.03.